The topological polar surface area (TPSA) is 78.8 Å². The average Bonchev–Trinajstić information content (AvgIpc) is 2.84. The maximum absolute atomic E-state index is 5.92. The number of rotatable bonds is 2. The van der Waals surface area contributed by atoms with Crippen LogP contribution in [0.1, 0.15) is 25.5 Å². The molecule has 0 bridgehead atoms. The Kier molecular flexibility index (Phi) is 3.09. The van der Waals surface area contributed by atoms with Gasteiger partial charge in [-0.1, -0.05) is 11.8 Å². The second-order valence-corrected chi connectivity index (χ2v) is 5.02. The van der Waals surface area contributed by atoms with E-state index in [1.54, 1.807) is 6.20 Å². The molecule has 0 amide bonds. The lowest BCUT2D eigenvalue weighted by Crippen LogP contribution is -2.19. The van der Waals surface area contributed by atoms with Crippen LogP contribution in [0.25, 0.3) is 11.0 Å². The molecule has 1 aliphatic rings. The van der Waals surface area contributed by atoms with Crippen LogP contribution in [0.4, 0.5) is 5.82 Å². The molecule has 1 saturated heterocycles. The number of nitrogens with zero attached hydrogens (tertiary/aromatic N) is 4. The van der Waals surface area contributed by atoms with Crippen molar-refractivity contribution in [1.82, 2.24) is 19.7 Å². The Labute approximate surface area is 109 Å². The van der Waals surface area contributed by atoms with Crippen LogP contribution in [-0.2, 0) is 4.74 Å². The summed E-state index contributed by atoms with van der Waals surface area (Å²) in [7, 11) is 0. The Morgan fingerprint density at radius 1 is 1.44 bits per heavy atom. The zero-order valence-corrected chi connectivity index (χ0v) is 11.0. The minimum Gasteiger partial charge on any atom is -0.383 e. The van der Waals surface area contributed by atoms with Crippen LogP contribution in [0.15, 0.2) is 11.4 Å². The van der Waals surface area contributed by atoms with Gasteiger partial charge in [0.2, 0.25) is 0 Å². The fourth-order valence-electron chi connectivity index (χ4n) is 2.15. The highest BCUT2D eigenvalue weighted by Gasteiger charge is 2.20. The van der Waals surface area contributed by atoms with Crippen LogP contribution in [-0.4, -0.2) is 32.6 Å². The minimum absolute atomic E-state index is 0.0275. The van der Waals surface area contributed by atoms with Gasteiger partial charge in [0.05, 0.1) is 11.6 Å². The summed E-state index contributed by atoms with van der Waals surface area (Å²) in [5, 5.41) is 5.81. The average molecular weight is 265 g/mol. The van der Waals surface area contributed by atoms with Gasteiger partial charge in [-0.3, -0.25) is 0 Å². The van der Waals surface area contributed by atoms with E-state index in [9.17, 15) is 0 Å². The highest BCUT2D eigenvalue weighted by molar-refractivity contribution is 7.98. The fraction of sp³-hybridized carbons (Fsp3) is 0.545. The Balaban J connectivity index is 2.09. The smallest absolute Gasteiger partial charge is 0.191 e. The fourth-order valence-corrected chi connectivity index (χ4v) is 2.51. The van der Waals surface area contributed by atoms with Crippen molar-refractivity contribution in [3.8, 4) is 0 Å². The van der Waals surface area contributed by atoms with E-state index in [1.807, 2.05) is 10.9 Å². The van der Waals surface area contributed by atoms with Gasteiger partial charge in [-0.05, 0) is 25.5 Å². The van der Waals surface area contributed by atoms with Gasteiger partial charge in [-0.25, -0.2) is 14.6 Å². The molecule has 3 rings (SSSR count). The number of ether oxygens (including phenoxy) is 1. The summed E-state index contributed by atoms with van der Waals surface area (Å²) >= 11 is 1.47. The predicted octanol–water partition coefficient (Wildman–Crippen LogP) is 1.83. The molecular formula is C11H15N5OS. The molecule has 2 aromatic rings. The molecule has 0 radical (unpaired) electrons. The number of fused-ring (bicyclic) bond motifs is 1. The Morgan fingerprint density at radius 3 is 3.06 bits per heavy atom. The van der Waals surface area contributed by atoms with E-state index in [0.29, 0.717) is 11.0 Å². The van der Waals surface area contributed by atoms with Gasteiger partial charge in [0.25, 0.3) is 0 Å². The van der Waals surface area contributed by atoms with Crippen molar-refractivity contribution in [3.63, 3.8) is 0 Å². The highest BCUT2D eigenvalue weighted by atomic mass is 32.2. The van der Waals surface area contributed by atoms with E-state index in [-0.39, 0.29) is 6.23 Å². The first-order valence-corrected chi connectivity index (χ1v) is 7.18. The molecule has 1 unspecified atom stereocenters. The standard InChI is InChI=1S/C11H15N5OS/c1-18-11-14-9(12)7-6-13-16(10(7)15-11)8-4-2-3-5-17-8/h6,8H,2-5H2,1H3,(H2,12,14,15). The molecule has 0 aromatic carbocycles. The molecule has 0 aliphatic carbocycles. The molecule has 2 aromatic heterocycles. The number of hydrogen-bond acceptors (Lipinski definition) is 6. The highest BCUT2D eigenvalue weighted by Crippen LogP contribution is 2.27. The van der Waals surface area contributed by atoms with E-state index in [0.717, 1.165) is 36.9 Å². The van der Waals surface area contributed by atoms with Gasteiger partial charge < -0.3 is 10.5 Å². The third kappa shape index (κ3) is 1.93. The lowest BCUT2D eigenvalue weighted by molar-refractivity contribution is -0.0370. The van der Waals surface area contributed by atoms with E-state index < -0.39 is 0 Å². The molecule has 3 heterocycles. The number of hydrogen-bond donors (Lipinski definition) is 1. The lowest BCUT2D eigenvalue weighted by atomic mass is 10.2. The van der Waals surface area contributed by atoms with Gasteiger partial charge in [0.15, 0.2) is 17.0 Å². The van der Waals surface area contributed by atoms with Gasteiger partial charge in [-0.15, -0.1) is 0 Å². The number of thioether (sulfide) groups is 1. The van der Waals surface area contributed by atoms with Gasteiger partial charge in [-0.2, -0.15) is 5.10 Å². The zero-order valence-electron chi connectivity index (χ0n) is 10.2. The molecule has 0 spiro atoms. The monoisotopic (exact) mass is 265 g/mol. The molecule has 2 N–H and O–H groups in total. The SMILES string of the molecule is CSc1nc(N)c2cnn(C3CCCCO3)c2n1. The lowest BCUT2D eigenvalue weighted by Gasteiger charge is -2.23. The summed E-state index contributed by atoms with van der Waals surface area (Å²) in [6.45, 7) is 0.780. The minimum atomic E-state index is -0.0275. The molecule has 7 heteroatoms. The van der Waals surface area contributed by atoms with Gasteiger partial charge in [0, 0.05) is 6.61 Å². The predicted molar refractivity (Wildman–Crippen MR) is 70.4 cm³/mol. The van der Waals surface area contributed by atoms with Crippen molar-refractivity contribution in [2.45, 2.75) is 30.6 Å². The molecule has 1 aliphatic heterocycles. The number of aromatic nitrogens is 4. The van der Waals surface area contributed by atoms with Gasteiger partial charge >= 0.3 is 0 Å². The van der Waals surface area contributed by atoms with E-state index in [4.69, 9.17) is 10.5 Å². The Bertz CT molecular complexity index is 564. The van der Waals surface area contributed by atoms with Crippen molar-refractivity contribution in [3.05, 3.63) is 6.20 Å². The number of nitrogen functional groups attached to an aromatic ring is 1. The van der Waals surface area contributed by atoms with Crippen LogP contribution in [0.2, 0.25) is 0 Å². The maximum atomic E-state index is 5.92. The molecule has 1 fully saturated rings. The zero-order chi connectivity index (χ0) is 12.5. The van der Waals surface area contributed by atoms with Gasteiger partial charge in [0.1, 0.15) is 5.82 Å². The normalized spacial score (nSPS) is 20.4. The van der Waals surface area contributed by atoms with Crippen LogP contribution in [0.5, 0.6) is 0 Å². The molecule has 6 nitrogen and oxygen atoms in total. The quantitative estimate of drug-likeness (QED) is 0.659. The largest absolute Gasteiger partial charge is 0.383 e. The second kappa shape index (κ2) is 4.74. The Morgan fingerprint density at radius 2 is 2.33 bits per heavy atom. The Hall–Kier alpha value is -1.34. The first-order valence-electron chi connectivity index (χ1n) is 5.96. The summed E-state index contributed by atoms with van der Waals surface area (Å²) in [4.78, 5) is 8.70. The summed E-state index contributed by atoms with van der Waals surface area (Å²) in [5.41, 5.74) is 6.68. The van der Waals surface area contributed by atoms with Crippen LogP contribution >= 0.6 is 11.8 Å². The van der Waals surface area contributed by atoms with Crippen LogP contribution in [0, 0.1) is 0 Å². The summed E-state index contributed by atoms with van der Waals surface area (Å²) < 4.78 is 7.56. The first-order chi connectivity index (χ1) is 8.79. The van der Waals surface area contributed by atoms with E-state index in [1.165, 1.54) is 11.8 Å². The molecule has 1 atom stereocenters. The number of nitrogens with two attached hydrogens (primary N) is 1. The van der Waals surface area contributed by atoms with Crippen molar-refractivity contribution in [2.24, 2.45) is 0 Å². The molecule has 0 saturated carbocycles. The third-order valence-electron chi connectivity index (χ3n) is 3.07. The summed E-state index contributed by atoms with van der Waals surface area (Å²) in [6, 6.07) is 0. The van der Waals surface area contributed by atoms with E-state index >= 15 is 0 Å². The molecular weight excluding hydrogens is 250 g/mol. The van der Waals surface area contributed by atoms with Crippen LogP contribution in [0.3, 0.4) is 0 Å². The third-order valence-corrected chi connectivity index (χ3v) is 3.62. The second-order valence-electron chi connectivity index (χ2n) is 4.24. The summed E-state index contributed by atoms with van der Waals surface area (Å²) in [5.74, 6) is 0.478. The van der Waals surface area contributed by atoms with Crippen molar-refractivity contribution >= 4 is 28.6 Å². The molecule has 18 heavy (non-hydrogen) atoms. The summed E-state index contributed by atoms with van der Waals surface area (Å²) in [6.07, 6.45) is 6.85. The molecule has 96 valence electrons. The van der Waals surface area contributed by atoms with E-state index in [2.05, 4.69) is 15.1 Å². The maximum Gasteiger partial charge on any atom is 0.191 e. The number of anilines is 1. The van der Waals surface area contributed by atoms with Crippen LogP contribution < -0.4 is 5.73 Å². The van der Waals surface area contributed by atoms with Crippen molar-refractivity contribution < 1.29 is 4.74 Å². The van der Waals surface area contributed by atoms with Crippen molar-refractivity contribution in [2.75, 3.05) is 18.6 Å². The van der Waals surface area contributed by atoms with Crippen molar-refractivity contribution in [1.29, 1.82) is 0 Å². The first kappa shape index (κ1) is 11.7.